The molecule has 0 unspecified atom stereocenters. The summed E-state index contributed by atoms with van der Waals surface area (Å²) in [7, 11) is 4.58. The van der Waals surface area contributed by atoms with Crippen molar-refractivity contribution in [3.8, 4) is 50.6 Å². The fourth-order valence-electron chi connectivity index (χ4n) is 4.65. The molecule has 7 aromatic carbocycles. The van der Waals surface area contributed by atoms with Gasteiger partial charge in [0.05, 0.1) is 0 Å². The van der Waals surface area contributed by atoms with Gasteiger partial charge in [-0.15, -0.1) is 48.5 Å². The summed E-state index contributed by atoms with van der Waals surface area (Å²) in [6.07, 6.45) is 0. The van der Waals surface area contributed by atoms with Gasteiger partial charge in [0, 0.05) is 11.5 Å². The Morgan fingerprint density at radius 2 is 0.863 bits per heavy atom. The van der Waals surface area contributed by atoms with E-state index in [1.807, 2.05) is 133 Å². The molecule has 0 saturated carbocycles. The van der Waals surface area contributed by atoms with E-state index in [4.69, 9.17) is 9.84 Å². The molecule has 0 aliphatic rings. The molecule has 5 heteroatoms. The predicted molar refractivity (Wildman–Crippen MR) is 201 cm³/mol. The number of halogens is 1. The standard InChI is InChI=1S/C18H11O.C18H11.C10H14O.2Au.ClH/c1-3-8-15(9-4-1)16-10-7-13-18(14-16)19-17-11-5-2-6-12-17;1-3-8-15(9-4-1)17-12-7-13-18(14-17)16-10-5-2-6-11-16;1-10(2,3)8-4-6-9(11)7-5-8;;;/h1-8,10-11,13H;1-8,10,12-13H;4-7,11H,1-3H3;;;1H/q2*-3;;+1;+3;/p-1. The van der Waals surface area contributed by atoms with E-state index in [9.17, 15) is 0 Å². The Bertz CT molecular complexity index is 1910. The smallest absolute Gasteiger partial charge is 0.0323 e. The van der Waals surface area contributed by atoms with E-state index in [2.05, 4.69) is 78.5 Å². The van der Waals surface area contributed by atoms with Crippen molar-refractivity contribution >= 4 is 9.19 Å². The van der Waals surface area contributed by atoms with Crippen LogP contribution >= 0.6 is 9.19 Å². The number of rotatable bonds is 5. The summed E-state index contributed by atoms with van der Waals surface area (Å²) < 4.78 is 5.72. The molecule has 0 heterocycles. The number of hydrogen-bond acceptors (Lipinski definition) is 2. The molecule has 0 radical (unpaired) electrons. The number of para-hydroxylation sites is 1. The van der Waals surface area contributed by atoms with Crippen LogP contribution in [0.4, 0.5) is 0 Å². The summed E-state index contributed by atoms with van der Waals surface area (Å²) >= 11 is 1.75. The fraction of sp³-hybridized carbons (Fsp3) is 0.0870. The largest absolute Gasteiger partial charge is 0.504 e. The van der Waals surface area contributed by atoms with E-state index in [0.29, 0.717) is 17.2 Å². The summed E-state index contributed by atoms with van der Waals surface area (Å²) in [6, 6.07) is 69.9. The molecule has 264 valence electrons. The van der Waals surface area contributed by atoms with Crippen LogP contribution in [-0.4, -0.2) is 5.11 Å². The molecule has 51 heavy (non-hydrogen) atoms. The first-order valence-electron chi connectivity index (χ1n) is 15.9. The topological polar surface area (TPSA) is 29.5 Å². The van der Waals surface area contributed by atoms with Gasteiger partial charge in [-0.05, 0) is 23.1 Å². The van der Waals surface area contributed by atoms with E-state index >= 15 is 0 Å². The van der Waals surface area contributed by atoms with E-state index in [0.717, 1.165) is 33.4 Å². The molecular formula is C46H36Au2ClO2-3. The van der Waals surface area contributed by atoms with Gasteiger partial charge < -0.3 is 9.84 Å². The maximum absolute atomic E-state index is 9.02. The van der Waals surface area contributed by atoms with Gasteiger partial charge in [0.2, 0.25) is 0 Å². The van der Waals surface area contributed by atoms with Crippen LogP contribution in [0.1, 0.15) is 26.3 Å². The maximum atomic E-state index is 9.02. The number of phenolic OH excluding ortho intramolecular Hbond substituents is 1. The molecule has 7 rings (SSSR count). The van der Waals surface area contributed by atoms with Crippen LogP contribution in [0.3, 0.4) is 0 Å². The Hall–Kier alpha value is -4.09. The van der Waals surface area contributed by atoms with Gasteiger partial charge in [-0.3, -0.25) is 0 Å². The van der Waals surface area contributed by atoms with E-state index < -0.39 is 0 Å². The fourth-order valence-corrected chi connectivity index (χ4v) is 4.65. The molecule has 0 fully saturated rings. The molecule has 0 amide bonds. The normalized spacial score (nSPS) is 10.0. The first-order chi connectivity index (χ1) is 24.3. The second-order valence-corrected chi connectivity index (χ2v) is 11.9. The Balaban J connectivity index is 0.000000206. The van der Waals surface area contributed by atoms with Crippen LogP contribution in [0.5, 0.6) is 17.2 Å². The number of ether oxygens (including phenoxy) is 1. The predicted octanol–water partition coefficient (Wildman–Crippen LogP) is 12.3. The quantitative estimate of drug-likeness (QED) is 0.138. The van der Waals surface area contributed by atoms with Gasteiger partial charge in [-0.1, -0.05) is 32.9 Å². The third-order valence-electron chi connectivity index (χ3n) is 7.19. The molecule has 0 spiro atoms. The van der Waals surface area contributed by atoms with Crippen LogP contribution in [0.25, 0.3) is 33.4 Å². The third-order valence-corrected chi connectivity index (χ3v) is 7.19. The van der Waals surface area contributed by atoms with Crippen molar-refractivity contribution in [3.63, 3.8) is 0 Å². The number of hydrogen-bond donors (Lipinski definition) is 1. The van der Waals surface area contributed by atoms with Crippen molar-refractivity contribution in [1.82, 2.24) is 0 Å². The van der Waals surface area contributed by atoms with Gasteiger partial charge in [0.15, 0.2) is 0 Å². The second kappa shape index (κ2) is 22.0. The average Bonchev–Trinajstić information content (AvgIpc) is 3.18. The summed E-state index contributed by atoms with van der Waals surface area (Å²) in [4.78, 5) is 0. The third kappa shape index (κ3) is 13.9. The van der Waals surface area contributed by atoms with Crippen molar-refractivity contribution in [2.45, 2.75) is 26.2 Å². The van der Waals surface area contributed by atoms with Gasteiger partial charge in [-0.25, -0.2) is 39.4 Å². The monoisotopic (exact) mass is 1050 g/mol. The molecule has 0 saturated heterocycles. The summed E-state index contributed by atoms with van der Waals surface area (Å²) in [6.45, 7) is 6.46. The van der Waals surface area contributed by atoms with Crippen LogP contribution < -0.4 is 4.74 Å². The molecule has 0 aliphatic heterocycles. The van der Waals surface area contributed by atoms with Crippen molar-refractivity contribution in [2.24, 2.45) is 0 Å². The molecule has 2 nitrogen and oxygen atoms in total. The van der Waals surface area contributed by atoms with Crippen molar-refractivity contribution in [2.75, 3.05) is 0 Å². The first-order valence-corrected chi connectivity index (χ1v) is 18.5. The number of phenols is 1. The van der Waals surface area contributed by atoms with Crippen LogP contribution in [0.2, 0.25) is 0 Å². The summed E-state index contributed by atoms with van der Waals surface area (Å²) in [5, 5.41) is 9.02. The second-order valence-electron chi connectivity index (χ2n) is 11.9. The molecule has 7 aromatic rings. The Labute approximate surface area is 335 Å². The first kappa shape index (κ1) is 41.3. The maximum Gasteiger partial charge on any atom is 0.0323 e. The van der Waals surface area contributed by atoms with E-state index in [-0.39, 0.29) is 27.8 Å². The van der Waals surface area contributed by atoms with E-state index in [1.165, 1.54) is 5.56 Å². The molecule has 0 aliphatic carbocycles. The van der Waals surface area contributed by atoms with Crippen LogP contribution in [0, 0.1) is 36.4 Å². The number of benzene rings is 7. The number of aromatic hydroxyl groups is 1. The SMILES string of the molecule is CC(C)(C)c1ccc(O)cc1.[Au+3].[Cl][Au].[c-]1ccccc1-c1[c-]c(-c2[c-]cccc2)ccc1.[c-]1ccccc1Oc1[c-]c(-c2[c-]cccc2)ccc1. The molecule has 0 bridgehead atoms. The average molecular weight is 1050 g/mol. The Morgan fingerprint density at radius 3 is 1.27 bits per heavy atom. The van der Waals surface area contributed by atoms with Gasteiger partial charge in [0.1, 0.15) is 5.75 Å². The van der Waals surface area contributed by atoms with Crippen LogP contribution in [-0.2, 0) is 47.8 Å². The summed E-state index contributed by atoms with van der Waals surface area (Å²) in [5.74, 6) is 1.70. The van der Waals surface area contributed by atoms with Gasteiger partial charge in [-0.2, -0.15) is 115 Å². The molecule has 1 N–H and O–H groups in total. The van der Waals surface area contributed by atoms with Crippen LogP contribution in [0.15, 0.2) is 158 Å². The zero-order chi connectivity index (χ0) is 35.6. The molecule has 0 atom stereocenters. The minimum absolute atomic E-state index is 0. The van der Waals surface area contributed by atoms with Crippen molar-refractivity contribution in [1.29, 1.82) is 0 Å². The van der Waals surface area contributed by atoms with Gasteiger partial charge in [0.25, 0.3) is 0 Å². The zero-order valence-electron chi connectivity index (χ0n) is 28.3. The zero-order valence-corrected chi connectivity index (χ0v) is 33.4. The van der Waals surface area contributed by atoms with Crippen molar-refractivity contribution < 1.29 is 52.2 Å². The Kier molecular flexibility index (Phi) is 17.8. The van der Waals surface area contributed by atoms with Gasteiger partial charge >= 0.3 is 51.6 Å². The van der Waals surface area contributed by atoms with E-state index in [1.54, 1.807) is 32.1 Å². The van der Waals surface area contributed by atoms with Crippen molar-refractivity contribution in [3.05, 3.63) is 200 Å². The Morgan fingerprint density at radius 1 is 0.471 bits per heavy atom. The molecular weight excluding hydrogens is 1010 g/mol. The summed E-state index contributed by atoms with van der Waals surface area (Å²) in [5.41, 5.74) is 7.64. The minimum atomic E-state index is 0. The molecule has 0 aromatic heterocycles. The minimum Gasteiger partial charge on any atom is -0.504 e.